The average Bonchev–Trinajstić information content (AvgIpc) is 3.03. The Morgan fingerprint density at radius 2 is 1.93 bits per heavy atom. The Balaban J connectivity index is 1.40. The zero-order chi connectivity index (χ0) is 18.6. The second kappa shape index (κ2) is 8.46. The number of hydrogen-bond donors (Lipinski definition) is 0. The SMILES string of the molecule is Cc1cccc(CN2CCC[C@@H](c3nnc(CN4CCOCC4)n3C)C2)n1. The van der Waals surface area contributed by atoms with Gasteiger partial charge in [0.2, 0.25) is 0 Å². The highest BCUT2D eigenvalue weighted by atomic mass is 16.5. The van der Waals surface area contributed by atoms with Crippen molar-refractivity contribution < 1.29 is 4.74 Å². The number of likely N-dealkylation sites (tertiary alicyclic amines) is 1. The Hall–Kier alpha value is -1.83. The smallest absolute Gasteiger partial charge is 0.146 e. The van der Waals surface area contributed by atoms with Gasteiger partial charge in [0.05, 0.1) is 25.5 Å². The summed E-state index contributed by atoms with van der Waals surface area (Å²) in [5.41, 5.74) is 2.24. The van der Waals surface area contributed by atoms with Gasteiger partial charge in [-0.2, -0.15) is 0 Å². The maximum atomic E-state index is 5.44. The minimum atomic E-state index is 0.444. The number of nitrogens with zero attached hydrogens (tertiary/aromatic N) is 6. The number of hydrogen-bond acceptors (Lipinski definition) is 6. The Morgan fingerprint density at radius 1 is 1.07 bits per heavy atom. The lowest BCUT2D eigenvalue weighted by atomic mass is 9.97. The van der Waals surface area contributed by atoms with Gasteiger partial charge < -0.3 is 9.30 Å². The van der Waals surface area contributed by atoms with Crippen LogP contribution >= 0.6 is 0 Å². The summed E-state index contributed by atoms with van der Waals surface area (Å²) in [6, 6.07) is 6.27. The predicted octanol–water partition coefficient (Wildman–Crippen LogP) is 1.73. The molecule has 0 saturated carbocycles. The molecule has 7 heteroatoms. The number of ether oxygens (including phenoxy) is 1. The molecule has 0 aliphatic carbocycles. The van der Waals surface area contributed by atoms with E-state index in [1.165, 1.54) is 12.8 Å². The van der Waals surface area contributed by atoms with Crippen molar-refractivity contribution in [2.24, 2.45) is 7.05 Å². The molecule has 146 valence electrons. The molecule has 0 amide bonds. The third kappa shape index (κ3) is 4.54. The van der Waals surface area contributed by atoms with Gasteiger partial charge in [-0.3, -0.25) is 14.8 Å². The van der Waals surface area contributed by atoms with Gasteiger partial charge in [0, 0.05) is 44.8 Å². The van der Waals surface area contributed by atoms with E-state index in [2.05, 4.69) is 61.7 Å². The van der Waals surface area contributed by atoms with Crippen molar-refractivity contribution in [3.63, 3.8) is 0 Å². The van der Waals surface area contributed by atoms with Crippen molar-refractivity contribution in [1.29, 1.82) is 0 Å². The molecule has 2 aliphatic rings. The standard InChI is InChI=1S/C20H30N6O/c1-16-5-3-7-18(21-16)14-26-8-4-6-17(13-26)20-23-22-19(24(20)2)15-25-9-11-27-12-10-25/h3,5,7,17H,4,6,8-15H2,1-2H3/t17-/m1/s1. The number of piperidine rings is 1. The van der Waals surface area contributed by atoms with Crippen molar-refractivity contribution in [3.05, 3.63) is 41.2 Å². The summed E-state index contributed by atoms with van der Waals surface area (Å²) in [5, 5.41) is 9.08. The molecule has 4 rings (SSSR count). The van der Waals surface area contributed by atoms with Crippen molar-refractivity contribution >= 4 is 0 Å². The van der Waals surface area contributed by atoms with Crippen LogP contribution in [0.1, 0.15) is 41.8 Å². The molecule has 2 fully saturated rings. The topological polar surface area (TPSA) is 59.3 Å². The molecule has 0 N–H and O–H groups in total. The van der Waals surface area contributed by atoms with E-state index in [0.717, 1.165) is 75.5 Å². The van der Waals surface area contributed by atoms with Gasteiger partial charge >= 0.3 is 0 Å². The van der Waals surface area contributed by atoms with Crippen molar-refractivity contribution in [3.8, 4) is 0 Å². The molecule has 0 spiro atoms. The van der Waals surface area contributed by atoms with Crippen molar-refractivity contribution in [1.82, 2.24) is 29.5 Å². The van der Waals surface area contributed by atoms with Crippen LogP contribution in [-0.4, -0.2) is 68.9 Å². The summed E-state index contributed by atoms with van der Waals surface area (Å²) in [5.74, 6) is 2.63. The number of pyridine rings is 1. The van der Waals surface area contributed by atoms with Crippen LogP contribution in [0.15, 0.2) is 18.2 Å². The van der Waals surface area contributed by atoms with E-state index in [1.54, 1.807) is 0 Å². The average molecular weight is 371 g/mol. The van der Waals surface area contributed by atoms with E-state index in [0.29, 0.717) is 5.92 Å². The fraction of sp³-hybridized carbons (Fsp3) is 0.650. The highest BCUT2D eigenvalue weighted by molar-refractivity contribution is 5.10. The van der Waals surface area contributed by atoms with Crippen LogP contribution in [0, 0.1) is 6.92 Å². The second-order valence-electron chi connectivity index (χ2n) is 7.77. The summed E-state index contributed by atoms with van der Waals surface area (Å²) < 4.78 is 7.66. The first-order chi connectivity index (χ1) is 13.2. The Bertz CT molecular complexity index is 755. The maximum absolute atomic E-state index is 5.44. The Labute approximate surface area is 161 Å². The van der Waals surface area contributed by atoms with E-state index in [1.807, 2.05) is 0 Å². The molecule has 0 bridgehead atoms. The van der Waals surface area contributed by atoms with E-state index in [4.69, 9.17) is 4.74 Å². The van der Waals surface area contributed by atoms with Crippen LogP contribution in [0.25, 0.3) is 0 Å². The number of morpholine rings is 1. The van der Waals surface area contributed by atoms with Crippen LogP contribution < -0.4 is 0 Å². The number of rotatable bonds is 5. The molecular formula is C20H30N6O. The molecular weight excluding hydrogens is 340 g/mol. The molecule has 7 nitrogen and oxygen atoms in total. The molecule has 2 aromatic rings. The second-order valence-corrected chi connectivity index (χ2v) is 7.77. The summed E-state index contributed by atoms with van der Waals surface area (Å²) >= 11 is 0. The predicted molar refractivity (Wildman–Crippen MR) is 103 cm³/mol. The van der Waals surface area contributed by atoms with Gasteiger partial charge in [-0.05, 0) is 38.4 Å². The monoisotopic (exact) mass is 370 g/mol. The highest BCUT2D eigenvalue weighted by Gasteiger charge is 2.26. The van der Waals surface area contributed by atoms with Crippen LogP contribution in [0.4, 0.5) is 0 Å². The molecule has 0 unspecified atom stereocenters. The lowest BCUT2D eigenvalue weighted by Gasteiger charge is -2.32. The molecule has 27 heavy (non-hydrogen) atoms. The van der Waals surface area contributed by atoms with Gasteiger partial charge in [-0.25, -0.2) is 0 Å². The van der Waals surface area contributed by atoms with E-state index in [9.17, 15) is 0 Å². The van der Waals surface area contributed by atoms with Gasteiger partial charge in [-0.15, -0.1) is 10.2 Å². The van der Waals surface area contributed by atoms with Crippen LogP contribution in [0.5, 0.6) is 0 Å². The highest BCUT2D eigenvalue weighted by Crippen LogP contribution is 2.26. The van der Waals surface area contributed by atoms with E-state index < -0.39 is 0 Å². The lowest BCUT2D eigenvalue weighted by Crippen LogP contribution is -2.36. The van der Waals surface area contributed by atoms with E-state index in [-0.39, 0.29) is 0 Å². The maximum Gasteiger partial charge on any atom is 0.146 e. The first-order valence-electron chi connectivity index (χ1n) is 10.0. The van der Waals surface area contributed by atoms with Crippen molar-refractivity contribution in [2.75, 3.05) is 39.4 Å². The summed E-state index contributed by atoms with van der Waals surface area (Å²) in [4.78, 5) is 9.56. The third-order valence-electron chi connectivity index (χ3n) is 5.67. The van der Waals surface area contributed by atoms with Gasteiger partial charge in [0.25, 0.3) is 0 Å². The first kappa shape index (κ1) is 18.5. The molecule has 0 aromatic carbocycles. The Morgan fingerprint density at radius 3 is 2.74 bits per heavy atom. The van der Waals surface area contributed by atoms with Crippen LogP contribution in [0.3, 0.4) is 0 Å². The summed E-state index contributed by atoms with van der Waals surface area (Å²) in [7, 11) is 2.12. The molecule has 2 aromatic heterocycles. The van der Waals surface area contributed by atoms with Gasteiger partial charge in [0.15, 0.2) is 0 Å². The first-order valence-corrected chi connectivity index (χ1v) is 10.0. The molecule has 0 radical (unpaired) electrons. The molecule has 2 aliphatic heterocycles. The molecule has 4 heterocycles. The fourth-order valence-electron chi connectivity index (χ4n) is 4.15. The zero-order valence-electron chi connectivity index (χ0n) is 16.5. The van der Waals surface area contributed by atoms with Gasteiger partial charge in [-0.1, -0.05) is 6.07 Å². The van der Waals surface area contributed by atoms with Crippen molar-refractivity contribution in [2.45, 2.75) is 38.8 Å². The van der Waals surface area contributed by atoms with Crippen LogP contribution in [0.2, 0.25) is 0 Å². The molecule has 1 atom stereocenters. The number of aromatic nitrogens is 4. The third-order valence-corrected chi connectivity index (χ3v) is 5.67. The minimum Gasteiger partial charge on any atom is -0.379 e. The fourth-order valence-corrected chi connectivity index (χ4v) is 4.15. The normalized spacial score (nSPS) is 22.2. The zero-order valence-corrected chi connectivity index (χ0v) is 16.5. The Kier molecular flexibility index (Phi) is 5.80. The van der Waals surface area contributed by atoms with Crippen LogP contribution in [-0.2, 0) is 24.9 Å². The molecule has 2 saturated heterocycles. The lowest BCUT2D eigenvalue weighted by molar-refractivity contribution is 0.0326. The summed E-state index contributed by atoms with van der Waals surface area (Å²) in [6.07, 6.45) is 2.38. The quantitative estimate of drug-likeness (QED) is 0.799. The van der Waals surface area contributed by atoms with Gasteiger partial charge in [0.1, 0.15) is 11.6 Å². The summed E-state index contributed by atoms with van der Waals surface area (Å²) in [6.45, 7) is 9.56. The van der Waals surface area contributed by atoms with E-state index >= 15 is 0 Å². The minimum absolute atomic E-state index is 0.444. The number of aryl methyl sites for hydroxylation is 1. The largest absolute Gasteiger partial charge is 0.379 e.